The van der Waals surface area contributed by atoms with Crippen molar-refractivity contribution in [3.63, 3.8) is 0 Å². The molecule has 0 amide bonds. The number of para-hydroxylation sites is 2. The van der Waals surface area contributed by atoms with Gasteiger partial charge in [-0.05, 0) is 31.5 Å². The van der Waals surface area contributed by atoms with Crippen LogP contribution in [0.1, 0.15) is 38.0 Å². The summed E-state index contributed by atoms with van der Waals surface area (Å²) >= 11 is 0. The lowest BCUT2D eigenvalue weighted by Gasteiger charge is -2.09. The second kappa shape index (κ2) is 5.72. The average Bonchev–Trinajstić information content (AvgIpc) is 3.09. The van der Waals surface area contributed by atoms with Gasteiger partial charge in [-0.25, -0.2) is 4.98 Å². The van der Waals surface area contributed by atoms with Crippen LogP contribution in [0.5, 0.6) is 0 Å². The highest BCUT2D eigenvalue weighted by molar-refractivity contribution is 5.76. The van der Waals surface area contributed by atoms with Crippen molar-refractivity contribution in [2.24, 2.45) is 0 Å². The first-order chi connectivity index (χ1) is 10.3. The fourth-order valence-corrected chi connectivity index (χ4v) is 2.82. The fraction of sp³-hybridized carbons (Fsp3) is 0.412. The first kappa shape index (κ1) is 13.9. The average molecular weight is 282 g/mol. The summed E-state index contributed by atoms with van der Waals surface area (Å²) in [6.45, 7) is 8.19. The van der Waals surface area contributed by atoms with Crippen molar-refractivity contribution in [1.82, 2.24) is 19.3 Å². The van der Waals surface area contributed by atoms with E-state index in [-0.39, 0.29) is 0 Å². The molecule has 0 bridgehead atoms. The molecule has 2 heterocycles. The molecule has 0 fully saturated rings. The number of benzene rings is 1. The molecule has 0 saturated heterocycles. The Kier molecular flexibility index (Phi) is 3.78. The van der Waals surface area contributed by atoms with Gasteiger partial charge in [0, 0.05) is 13.0 Å². The molecule has 0 aliphatic heterocycles. The summed E-state index contributed by atoms with van der Waals surface area (Å²) in [5, 5.41) is 4.65. The fourth-order valence-electron chi connectivity index (χ4n) is 2.82. The van der Waals surface area contributed by atoms with E-state index in [2.05, 4.69) is 59.4 Å². The van der Waals surface area contributed by atoms with E-state index in [0.29, 0.717) is 0 Å². The maximum absolute atomic E-state index is 4.74. The molecule has 0 radical (unpaired) electrons. The maximum Gasteiger partial charge on any atom is 0.109 e. The highest BCUT2D eigenvalue weighted by atomic mass is 15.3. The molecular formula is C17H22N4. The van der Waals surface area contributed by atoms with Gasteiger partial charge in [0.1, 0.15) is 5.82 Å². The van der Waals surface area contributed by atoms with Crippen LogP contribution in [0.25, 0.3) is 11.0 Å². The van der Waals surface area contributed by atoms with Gasteiger partial charge in [-0.2, -0.15) is 5.10 Å². The molecule has 2 aromatic heterocycles. The van der Waals surface area contributed by atoms with Gasteiger partial charge in [0.25, 0.3) is 0 Å². The summed E-state index contributed by atoms with van der Waals surface area (Å²) in [5.74, 6) is 1.14. The van der Waals surface area contributed by atoms with Crippen molar-refractivity contribution in [3.05, 3.63) is 47.5 Å². The largest absolute Gasteiger partial charge is 0.322 e. The smallest absolute Gasteiger partial charge is 0.109 e. The Morgan fingerprint density at radius 1 is 1.05 bits per heavy atom. The molecule has 3 rings (SSSR count). The van der Waals surface area contributed by atoms with Gasteiger partial charge in [0.05, 0.1) is 29.0 Å². The standard InChI is InChI=1S/C17H22N4/c1-4-13-11-14(21(6-3)19-13)12-20-16-10-8-7-9-15(16)18-17(20)5-2/h7-11H,4-6,12H2,1-3H3. The molecule has 0 saturated carbocycles. The Labute approximate surface area is 125 Å². The van der Waals surface area contributed by atoms with Crippen LogP contribution in [0.15, 0.2) is 30.3 Å². The van der Waals surface area contributed by atoms with Crippen LogP contribution >= 0.6 is 0 Å². The monoisotopic (exact) mass is 282 g/mol. The number of hydrogen-bond acceptors (Lipinski definition) is 2. The minimum atomic E-state index is 0.838. The molecule has 0 aliphatic rings. The predicted molar refractivity (Wildman–Crippen MR) is 85.5 cm³/mol. The zero-order chi connectivity index (χ0) is 14.8. The molecule has 110 valence electrons. The topological polar surface area (TPSA) is 35.6 Å². The SMILES string of the molecule is CCc1cc(Cn2c(CC)nc3ccccc32)n(CC)n1. The lowest BCUT2D eigenvalue weighted by atomic mass is 10.3. The number of fused-ring (bicyclic) bond motifs is 1. The second-order valence-electron chi connectivity index (χ2n) is 5.25. The molecule has 4 nitrogen and oxygen atoms in total. The molecular weight excluding hydrogens is 260 g/mol. The van der Waals surface area contributed by atoms with Crippen LogP contribution in [0.4, 0.5) is 0 Å². The van der Waals surface area contributed by atoms with Crippen LogP contribution in [0.3, 0.4) is 0 Å². The van der Waals surface area contributed by atoms with E-state index < -0.39 is 0 Å². The zero-order valence-electron chi connectivity index (χ0n) is 13.0. The third-order valence-electron chi connectivity index (χ3n) is 3.95. The van der Waals surface area contributed by atoms with Crippen molar-refractivity contribution in [2.45, 2.75) is 46.7 Å². The van der Waals surface area contributed by atoms with Crippen molar-refractivity contribution < 1.29 is 0 Å². The molecule has 0 spiro atoms. The minimum Gasteiger partial charge on any atom is -0.322 e. The van der Waals surface area contributed by atoms with Gasteiger partial charge in [-0.3, -0.25) is 4.68 Å². The van der Waals surface area contributed by atoms with Gasteiger partial charge < -0.3 is 4.57 Å². The third-order valence-corrected chi connectivity index (χ3v) is 3.95. The van der Waals surface area contributed by atoms with Crippen LogP contribution in [-0.4, -0.2) is 19.3 Å². The summed E-state index contributed by atoms with van der Waals surface area (Å²) in [4.78, 5) is 4.74. The highest BCUT2D eigenvalue weighted by Gasteiger charge is 2.12. The Balaban J connectivity index is 2.07. The lowest BCUT2D eigenvalue weighted by Crippen LogP contribution is -2.10. The molecule has 0 N–H and O–H groups in total. The van der Waals surface area contributed by atoms with E-state index in [0.717, 1.165) is 43.0 Å². The van der Waals surface area contributed by atoms with E-state index >= 15 is 0 Å². The molecule has 21 heavy (non-hydrogen) atoms. The van der Waals surface area contributed by atoms with E-state index in [4.69, 9.17) is 4.98 Å². The van der Waals surface area contributed by atoms with Crippen LogP contribution in [0.2, 0.25) is 0 Å². The highest BCUT2D eigenvalue weighted by Crippen LogP contribution is 2.19. The third kappa shape index (κ3) is 2.46. The quantitative estimate of drug-likeness (QED) is 0.718. The summed E-state index contributed by atoms with van der Waals surface area (Å²) in [6.07, 6.45) is 1.92. The summed E-state index contributed by atoms with van der Waals surface area (Å²) in [5.41, 5.74) is 4.70. The zero-order valence-corrected chi connectivity index (χ0v) is 13.0. The molecule has 0 unspecified atom stereocenters. The minimum absolute atomic E-state index is 0.838. The number of hydrogen-bond donors (Lipinski definition) is 0. The van der Waals surface area contributed by atoms with Crippen molar-refractivity contribution >= 4 is 11.0 Å². The molecule has 0 aliphatic carbocycles. The van der Waals surface area contributed by atoms with Crippen molar-refractivity contribution in [2.75, 3.05) is 0 Å². The van der Waals surface area contributed by atoms with Gasteiger partial charge in [-0.15, -0.1) is 0 Å². The van der Waals surface area contributed by atoms with E-state index in [1.807, 2.05) is 6.07 Å². The lowest BCUT2D eigenvalue weighted by molar-refractivity contribution is 0.592. The Hall–Kier alpha value is -2.10. The first-order valence-corrected chi connectivity index (χ1v) is 7.76. The van der Waals surface area contributed by atoms with Crippen LogP contribution < -0.4 is 0 Å². The molecule has 0 atom stereocenters. The maximum atomic E-state index is 4.74. The van der Waals surface area contributed by atoms with Gasteiger partial charge in [0.15, 0.2) is 0 Å². The van der Waals surface area contributed by atoms with E-state index in [1.165, 1.54) is 11.2 Å². The van der Waals surface area contributed by atoms with Gasteiger partial charge in [0.2, 0.25) is 0 Å². The second-order valence-corrected chi connectivity index (χ2v) is 5.25. The van der Waals surface area contributed by atoms with Crippen LogP contribution in [0, 0.1) is 0 Å². The number of rotatable bonds is 5. The van der Waals surface area contributed by atoms with Crippen molar-refractivity contribution in [3.8, 4) is 0 Å². The first-order valence-electron chi connectivity index (χ1n) is 7.76. The van der Waals surface area contributed by atoms with Gasteiger partial charge >= 0.3 is 0 Å². The molecule has 4 heteroatoms. The predicted octanol–water partition coefficient (Wildman–Crippen LogP) is 3.43. The Bertz CT molecular complexity index is 751. The van der Waals surface area contributed by atoms with E-state index in [1.54, 1.807) is 0 Å². The van der Waals surface area contributed by atoms with Gasteiger partial charge in [-0.1, -0.05) is 26.0 Å². The number of imidazole rings is 1. The summed E-state index contributed by atoms with van der Waals surface area (Å²) < 4.78 is 4.42. The summed E-state index contributed by atoms with van der Waals surface area (Å²) in [7, 11) is 0. The number of aryl methyl sites for hydroxylation is 3. The number of nitrogens with zero attached hydrogens (tertiary/aromatic N) is 4. The van der Waals surface area contributed by atoms with E-state index in [9.17, 15) is 0 Å². The normalized spacial score (nSPS) is 11.4. The Morgan fingerprint density at radius 3 is 2.57 bits per heavy atom. The molecule has 3 aromatic rings. The number of aromatic nitrogens is 4. The Morgan fingerprint density at radius 2 is 1.86 bits per heavy atom. The molecule has 1 aromatic carbocycles. The summed E-state index contributed by atoms with van der Waals surface area (Å²) in [6, 6.07) is 10.6. The van der Waals surface area contributed by atoms with Crippen molar-refractivity contribution in [1.29, 1.82) is 0 Å². The van der Waals surface area contributed by atoms with Crippen LogP contribution in [-0.2, 0) is 25.9 Å².